The fourth-order valence-corrected chi connectivity index (χ4v) is 12.2. The molecule has 1 aliphatic carbocycles. The average molecular weight is 1060 g/mol. The molecule has 9 aromatic rings. The van der Waals surface area contributed by atoms with E-state index < -0.39 is 0 Å². The molecule has 1 saturated carbocycles. The molecule has 4 nitrogen and oxygen atoms in total. The van der Waals surface area contributed by atoms with Gasteiger partial charge in [-0.3, -0.25) is 9.97 Å². The second kappa shape index (κ2) is 22.2. The van der Waals surface area contributed by atoms with Crippen LogP contribution in [0.2, 0.25) is 5.02 Å². The summed E-state index contributed by atoms with van der Waals surface area (Å²) in [5.74, 6) is 0.0286. The van der Waals surface area contributed by atoms with E-state index in [4.69, 9.17) is 84.3 Å². The van der Waals surface area contributed by atoms with Gasteiger partial charge in [-0.05, 0) is 152 Å². The lowest BCUT2D eigenvalue weighted by Gasteiger charge is -2.38. The van der Waals surface area contributed by atoms with Crippen LogP contribution in [-0.2, 0) is 10.8 Å². The Balaban J connectivity index is 1.03. The summed E-state index contributed by atoms with van der Waals surface area (Å²) in [6.07, 6.45) is 6.21. The van der Waals surface area contributed by atoms with Crippen LogP contribution in [-0.4, -0.2) is 83.0 Å². The van der Waals surface area contributed by atoms with Crippen LogP contribution in [0.4, 0.5) is 0 Å². The highest BCUT2D eigenvalue weighted by atomic mass is 35.5. The van der Waals surface area contributed by atoms with Gasteiger partial charge < -0.3 is 10.2 Å². The quantitative estimate of drug-likeness (QED) is 0.142. The number of hydrogen-bond donors (Lipinski definition) is 2. The van der Waals surface area contributed by atoms with Crippen molar-refractivity contribution >= 4 is 118 Å². The van der Waals surface area contributed by atoms with Crippen molar-refractivity contribution < 1.29 is 10.2 Å². The lowest BCUT2D eigenvalue weighted by molar-refractivity contribution is 0.352. The number of hydrogen-bond acceptors (Lipinski definition) is 4. The van der Waals surface area contributed by atoms with Gasteiger partial charge in [-0.25, -0.2) is 0 Å². The lowest BCUT2D eigenvalue weighted by Crippen LogP contribution is -2.48. The minimum atomic E-state index is -0.296. The van der Waals surface area contributed by atoms with E-state index in [1.54, 1.807) is 12.4 Å². The maximum atomic E-state index is 11.0. The van der Waals surface area contributed by atoms with Crippen molar-refractivity contribution in [2.75, 3.05) is 0 Å². The van der Waals surface area contributed by atoms with Crippen molar-refractivity contribution in [1.29, 1.82) is 0 Å². The fourth-order valence-electron chi connectivity index (χ4n) is 11.9. The summed E-state index contributed by atoms with van der Waals surface area (Å²) in [5.41, 5.74) is 18.5. The smallest absolute Gasteiger partial charge is 0.119 e. The fraction of sp³-hybridized carbons (Fsp3) is 0.235. The van der Waals surface area contributed by atoms with Gasteiger partial charge in [0.15, 0.2) is 0 Å². The molecule has 2 heterocycles. The van der Waals surface area contributed by atoms with Crippen molar-refractivity contribution in [2.24, 2.45) is 0 Å². The first-order valence-electron chi connectivity index (χ1n) is 27.4. The van der Waals surface area contributed by atoms with Gasteiger partial charge in [0.25, 0.3) is 0 Å². The number of phenolic OH excluding ortho intramolecular Hbond substituents is 2. The molecule has 0 bridgehead atoms. The normalized spacial score (nSPS) is 15.7. The minimum Gasteiger partial charge on any atom is -0.509 e. The number of aryl methyl sites for hydroxylation is 2. The molecular formula is C68H57B8ClN2O2. The zero-order valence-corrected chi connectivity index (χ0v) is 48.1. The summed E-state index contributed by atoms with van der Waals surface area (Å²) in [6, 6.07) is 43.9. The number of pyridine rings is 2. The van der Waals surface area contributed by atoms with Crippen LogP contribution in [0.25, 0.3) is 67.0 Å². The minimum absolute atomic E-state index is 0.0182. The predicted molar refractivity (Wildman–Crippen MR) is 348 cm³/mol. The molecule has 10 rings (SSSR count). The van der Waals surface area contributed by atoms with Gasteiger partial charge in [-0.15, -0.1) is 16.4 Å². The van der Waals surface area contributed by atoms with Gasteiger partial charge in [0.05, 0.1) is 11.4 Å². The Morgan fingerprint density at radius 2 is 0.790 bits per heavy atom. The molecule has 2 aromatic heterocycles. The third-order valence-electron chi connectivity index (χ3n) is 16.8. The molecule has 0 spiro atoms. The van der Waals surface area contributed by atoms with Crippen LogP contribution in [0.3, 0.4) is 0 Å². The molecule has 0 amide bonds. The van der Waals surface area contributed by atoms with E-state index in [-0.39, 0.29) is 83.8 Å². The van der Waals surface area contributed by atoms with Crippen molar-refractivity contribution in [1.82, 2.24) is 9.97 Å². The number of rotatable bonds is 9. The molecule has 16 radical (unpaired) electrons. The van der Waals surface area contributed by atoms with Gasteiger partial charge in [-0.2, -0.15) is 0 Å². The van der Waals surface area contributed by atoms with Crippen molar-refractivity contribution in [3.05, 3.63) is 178 Å². The molecule has 7 aromatic carbocycles. The predicted octanol–water partition coefficient (Wildman–Crippen LogP) is 8.94. The molecule has 0 saturated heterocycles. The maximum absolute atomic E-state index is 11.0. The molecule has 13 heteroatoms. The van der Waals surface area contributed by atoms with Crippen molar-refractivity contribution in [3.63, 3.8) is 0 Å². The summed E-state index contributed by atoms with van der Waals surface area (Å²) < 4.78 is 0. The van der Waals surface area contributed by atoms with E-state index >= 15 is 0 Å². The van der Waals surface area contributed by atoms with E-state index in [0.717, 1.165) is 69.1 Å². The third kappa shape index (κ3) is 11.0. The molecular weight excluding hydrogens is 999 g/mol. The molecule has 3 atom stereocenters. The SMILES string of the molecule is [B]c1c([B])c([B])c(-c2cnc(-c3ccc(-c4cc(C(C)(C)C)ccc4C4CC(c5ccccc5Cl)CC(c5ccc(C(C)(C)C)cc5-c5ccc(-c6cc(C)c(-c7c([B])c([B])c([B])c(O)c7[B])cn6)cc5)C4)cc3)cc2C)c(O)c1[B]. The number of aromatic hydroxyl groups is 2. The summed E-state index contributed by atoms with van der Waals surface area (Å²) in [7, 11) is 49.7. The monoisotopic (exact) mass is 1060 g/mol. The van der Waals surface area contributed by atoms with Gasteiger partial charge in [-0.1, -0.05) is 178 Å². The Bertz CT molecular complexity index is 3650. The topological polar surface area (TPSA) is 66.2 Å². The molecule has 0 aliphatic heterocycles. The van der Waals surface area contributed by atoms with Crippen LogP contribution < -0.4 is 43.7 Å². The summed E-state index contributed by atoms with van der Waals surface area (Å²) in [5, 5.41) is 22.5. The van der Waals surface area contributed by atoms with E-state index in [2.05, 4.69) is 139 Å². The Kier molecular flexibility index (Phi) is 15.8. The highest BCUT2D eigenvalue weighted by molar-refractivity contribution is 6.65. The zero-order valence-electron chi connectivity index (χ0n) is 47.3. The number of halogens is 1. The Morgan fingerprint density at radius 1 is 0.407 bits per heavy atom. The number of aromatic nitrogens is 2. The number of benzene rings is 7. The van der Waals surface area contributed by atoms with Crippen LogP contribution in [0.1, 0.15) is 118 Å². The van der Waals surface area contributed by atoms with E-state index in [1.165, 1.54) is 38.9 Å². The standard InChI is InChI=1S/C68H57B8ClN2O2/c1-34-25-53(78-32-50(34)55-57(69)61(73)64(76)66(81)59(55)71)38-17-13-36(14-18-38)48-30-43(67(3,4)5)21-23-45(48)40-27-41(29-42(28-40)47-11-9-10-12-52(47)77)46-24-22-44(68(6,7)8)31-49(46)37-15-19-39(20-16-37)54-26-35(2)51(33-79-54)56-58(70)60(72)62(74)63(75)65(56)80/h9-26,30-33,40-42,80-81H,27-29H2,1-8H3. The van der Waals surface area contributed by atoms with E-state index in [9.17, 15) is 10.2 Å². The van der Waals surface area contributed by atoms with Crippen LogP contribution in [0, 0.1) is 13.8 Å². The van der Waals surface area contributed by atoms with Crippen LogP contribution in [0.15, 0.2) is 134 Å². The first-order valence-corrected chi connectivity index (χ1v) is 27.8. The van der Waals surface area contributed by atoms with Crippen molar-refractivity contribution in [3.8, 4) is 78.5 Å². The second-order valence-electron chi connectivity index (χ2n) is 24.1. The highest BCUT2D eigenvalue weighted by Crippen LogP contribution is 2.53. The van der Waals surface area contributed by atoms with Crippen LogP contribution >= 0.6 is 11.6 Å². The van der Waals surface area contributed by atoms with Gasteiger partial charge >= 0.3 is 0 Å². The first kappa shape index (κ1) is 57.5. The maximum Gasteiger partial charge on any atom is 0.119 e. The summed E-state index contributed by atoms with van der Waals surface area (Å²) >= 11 is 7.16. The Hall–Kier alpha value is -6.75. The molecule has 2 N–H and O–H groups in total. The molecule has 1 fully saturated rings. The lowest BCUT2D eigenvalue weighted by atomic mass is 9.64. The second-order valence-corrected chi connectivity index (χ2v) is 24.5. The highest BCUT2D eigenvalue weighted by Gasteiger charge is 2.36. The van der Waals surface area contributed by atoms with Crippen molar-refractivity contribution in [2.45, 2.75) is 103 Å². The molecule has 382 valence electrons. The molecule has 3 unspecified atom stereocenters. The first-order chi connectivity index (χ1) is 38.3. The molecule has 81 heavy (non-hydrogen) atoms. The van der Waals surface area contributed by atoms with Gasteiger partial charge in [0.1, 0.15) is 74.3 Å². The third-order valence-corrected chi connectivity index (χ3v) is 17.1. The average Bonchev–Trinajstić information content (AvgIpc) is 3.48. The summed E-state index contributed by atoms with van der Waals surface area (Å²) in [6.45, 7) is 17.5. The zero-order chi connectivity index (χ0) is 58.1. The Labute approximate surface area is 494 Å². The summed E-state index contributed by atoms with van der Waals surface area (Å²) in [4.78, 5) is 9.72. The largest absolute Gasteiger partial charge is 0.509 e. The Morgan fingerprint density at radius 3 is 1.23 bits per heavy atom. The molecule has 1 aliphatic rings. The van der Waals surface area contributed by atoms with Gasteiger partial charge in [0, 0.05) is 45.2 Å². The van der Waals surface area contributed by atoms with E-state index in [0.29, 0.717) is 22.3 Å². The number of phenols is 2. The van der Waals surface area contributed by atoms with Crippen LogP contribution in [0.5, 0.6) is 11.5 Å². The number of nitrogens with zero attached hydrogens (tertiary/aromatic N) is 2. The van der Waals surface area contributed by atoms with Gasteiger partial charge in [0.2, 0.25) is 0 Å². The van der Waals surface area contributed by atoms with E-state index in [1.807, 2.05) is 38.1 Å².